The lowest BCUT2D eigenvalue weighted by Crippen LogP contribution is -2.38. The fourth-order valence-electron chi connectivity index (χ4n) is 7.51. The van der Waals surface area contributed by atoms with Gasteiger partial charge in [0, 0.05) is 21.9 Å². The summed E-state index contributed by atoms with van der Waals surface area (Å²) in [5.74, 6) is 0. The topological polar surface area (TPSA) is 48.9 Å². The lowest BCUT2D eigenvalue weighted by atomic mass is 9.82. The highest BCUT2D eigenvalue weighted by atomic mass is 16.2. The summed E-state index contributed by atoms with van der Waals surface area (Å²) < 4.78 is 5.16. The van der Waals surface area contributed by atoms with Gasteiger partial charge in [0.2, 0.25) is 0 Å². The molecule has 9 rings (SSSR count). The number of aromatic nitrogens is 3. The third-order valence-corrected chi connectivity index (χ3v) is 9.70. The summed E-state index contributed by atoms with van der Waals surface area (Å²) in [6.07, 6.45) is 0. The predicted octanol–water partition coefficient (Wildman–Crippen LogP) is 8.55. The molecule has 46 heavy (non-hydrogen) atoms. The molecule has 0 bridgehead atoms. The van der Waals surface area contributed by atoms with E-state index in [2.05, 4.69) is 79.1 Å². The molecular formula is C41H29N3O2. The second-order valence-corrected chi connectivity index (χ2v) is 12.6. The third-order valence-electron chi connectivity index (χ3n) is 9.70. The number of benzene rings is 6. The number of nitrogens with zero attached hydrogens (tertiary/aromatic N) is 3. The lowest BCUT2D eigenvalue weighted by molar-refractivity contribution is 0.661. The molecule has 0 fully saturated rings. The Kier molecular flexibility index (Phi) is 5.48. The van der Waals surface area contributed by atoms with Crippen LogP contribution in [0.3, 0.4) is 0 Å². The van der Waals surface area contributed by atoms with Crippen molar-refractivity contribution in [3.63, 3.8) is 0 Å². The first-order chi connectivity index (χ1) is 22.4. The van der Waals surface area contributed by atoms with Crippen LogP contribution in [0.25, 0.3) is 60.9 Å². The largest absolute Gasteiger partial charge is 0.340 e. The van der Waals surface area contributed by atoms with Crippen LogP contribution >= 0.6 is 0 Å². The van der Waals surface area contributed by atoms with Gasteiger partial charge >= 0.3 is 5.69 Å². The van der Waals surface area contributed by atoms with Crippen molar-refractivity contribution in [2.24, 2.45) is 0 Å². The molecule has 0 saturated carbocycles. The molecule has 0 saturated heterocycles. The minimum absolute atomic E-state index is 0.153. The monoisotopic (exact) mass is 595 g/mol. The Labute approximate surface area is 264 Å². The molecular weight excluding hydrogens is 566 g/mol. The van der Waals surface area contributed by atoms with Crippen LogP contribution in [-0.2, 0) is 5.41 Å². The molecule has 1 aliphatic rings. The molecule has 0 radical (unpaired) electrons. The molecule has 0 atom stereocenters. The standard InChI is InChI=1S/C41H29N3O2/c1-41(2)34-19-11-9-17-29(34)31-24-32-30-18-10-12-20-36(30)42(38(32)25-35(31)41)28-21-22-37-33(23-28)39(45)44(27-15-7-4-8-16-27)40(46)43(37)26-13-5-3-6-14-26/h3-25H,1-2H3. The highest BCUT2D eigenvalue weighted by molar-refractivity contribution is 6.11. The van der Waals surface area contributed by atoms with Gasteiger partial charge in [-0.1, -0.05) is 92.7 Å². The van der Waals surface area contributed by atoms with Crippen molar-refractivity contribution in [2.45, 2.75) is 19.3 Å². The quantitative estimate of drug-likeness (QED) is 0.206. The maximum absolute atomic E-state index is 14.3. The van der Waals surface area contributed by atoms with Crippen molar-refractivity contribution in [1.29, 1.82) is 0 Å². The van der Waals surface area contributed by atoms with Crippen LogP contribution in [0.4, 0.5) is 0 Å². The molecule has 5 nitrogen and oxygen atoms in total. The van der Waals surface area contributed by atoms with Gasteiger partial charge in [0.25, 0.3) is 5.56 Å². The Morgan fingerprint density at radius 1 is 0.435 bits per heavy atom. The molecule has 6 aromatic carbocycles. The van der Waals surface area contributed by atoms with Gasteiger partial charge in [0.1, 0.15) is 0 Å². The molecule has 0 spiro atoms. The van der Waals surface area contributed by atoms with Crippen LogP contribution in [0.15, 0.2) is 149 Å². The van der Waals surface area contributed by atoms with Gasteiger partial charge in [-0.3, -0.25) is 9.36 Å². The van der Waals surface area contributed by atoms with E-state index in [4.69, 9.17) is 0 Å². The number of rotatable bonds is 3. The molecule has 0 N–H and O–H groups in total. The Morgan fingerprint density at radius 2 is 1.07 bits per heavy atom. The van der Waals surface area contributed by atoms with Crippen LogP contribution in [0.5, 0.6) is 0 Å². The van der Waals surface area contributed by atoms with E-state index in [1.54, 1.807) is 16.7 Å². The molecule has 8 aromatic rings. The van der Waals surface area contributed by atoms with Gasteiger partial charge in [0.15, 0.2) is 0 Å². The third kappa shape index (κ3) is 3.57. The van der Waals surface area contributed by atoms with Crippen LogP contribution in [0.1, 0.15) is 25.0 Å². The van der Waals surface area contributed by atoms with Crippen LogP contribution in [0, 0.1) is 0 Å². The second-order valence-electron chi connectivity index (χ2n) is 12.6. The summed E-state index contributed by atoms with van der Waals surface area (Å²) in [6, 6.07) is 46.3. The maximum Gasteiger partial charge on any atom is 0.340 e. The lowest BCUT2D eigenvalue weighted by Gasteiger charge is -2.21. The fraction of sp³-hybridized carbons (Fsp3) is 0.0732. The predicted molar refractivity (Wildman–Crippen MR) is 187 cm³/mol. The minimum Gasteiger partial charge on any atom is -0.309 e. The molecule has 2 aromatic heterocycles. The van der Waals surface area contributed by atoms with Gasteiger partial charge in [-0.25, -0.2) is 9.36 Å². The van der Waals surface area contributed by atoms with Crippen LogP contribution < -0.4 is 11.2 Å². The smallest absolute Gasteiger partial charge is 0.309 e. The zero-order valence-electron chi connectivity index (χ0n) is 25.4. The Morgan fingerprint density at radius 3 is 1.83 bits per heavy atom. The minimum atomic E-state index is -0.406. The molecule has 2 heterocycles. The van der Waals surface area contributed by atoms with E-state index < -0.39 is 5.69 Å². The van der Waals surface area contributed by atoms with Gasteiger partial charge in [-0.15, -0.1) is 0 Å². The van der Waals surface area contributed by atoms with E-state index in [0.29, 0.717) is 22.3 Å². The zero-order chi connectivity index (χ0) is 31.2. The molecule has 0 aliphatic heterocycles. The first-order valence-electron chi connectivity index (χ1n) is 15.5. The maximum atomic E-state index is 14.3. The van der Waals surface area contributed by atoms with Crippen LogP contribution in [0.2, 0.25) is 0 Å². The summed E-state index contributed by atoms with van der Waals surface area (Å²) in [4.78, 5) is 28.3. The summed E-state index contributed by atoms with van der Waals surface area (Å²) >= 11 is 0. The Balaban J connectivity index is 1.38. The zero-order valence-corrected chi connectivity index (χ0v) is 25.4. The summed E-state index contributed by atoms with van der Waals surface area (Å²) in [5.41, 5.74) is 9.07. The second kappa shape index (κ2) is 9.53. The Hall–Kier alpha value is -5.94. The van der Waals surface area contributed by atoms with Crippen LogP contribution in [-0.4, -0.2) is 13.7 Å². The number of fused-ring (bicyclic) bond motifs is 7. The van der Waals surface area contributed by atoms with E-state index >= 15 is 0 Å². The van der Waals surface area contributed by atoms with E-state index in [1.807, 2.05) is 66.7 Å². The molecule has 5 heteroatoms. The van der Waals surface area contributed by atoms with Gasteiger partial charge in [-0.05, 0) is 82.9 Å². The normalized spacial score (nSPS) is 13.3. The highest BCUT2D eigenvalue weighted by Gasteiger charge is 2.36. The summed E-state index contributed by atoms with van der Waals surface area (Å²) in [6.45, 7) is 4.59. The average Bonchev–Trinajstić information content (AvgIpc) is 3.53. The number of para-hydroxylation sites is 3. The average molecular weight is 596 g/mol. The molecule has 1 aliphatic carbocycles. The van der Waals surface area contributed by atoms with Crippen molar-refractivity contribution in [2.75, 3.05) is 0 Å². The van der Waals surface area contributed by atoms with Gasteiger partial charge < -0.3 is 4.57 Å². The molecule has 0 amide bonds. The van der Waals surface area contributed by atoms with Gasteiger partial charge in [-0.2, -0.15) is 0 Å². The summed E-state index contributed by atoms with van der Waals surface area (Å²) in [7, 11) is 0. The first-order valence-corrected chi connectivity index (χ1v) is 15.5. The fourth-order valence-corrected chi connectivity index (χ4v) is 7.51. The Bertz CT molecular complexity index is 2640. The highest BCUT2D eigenvalue weighted by Crippen LogP contribution is 2.50. The summed E-state index contributed by atoms with van der Waals surface area (Å²) in [5, 5.41) is 2.78. The van der Waals surface area contributed by atoms with Gasteiger partial charge in [0.05, 0.1) is 33.3 Å². The van der Waals surface area contributed by atoms with Crippen molar-refractivity contribution < 1.29 is 0 Å². The SMILES string of the molecule is CC1(C)c2ccccc2-c2cc3c4ccccc4n(-c4ccc5c(c4)c(=O)n(-c4ccccc4)c(=O)n5-c4ccccc4)c3cc21. The number of hydrogen-bond donors (Lipinski definition) is 0. The molecule has 0 unspecified atom stereocenters. The van der Waals surface area contributed by atoms with Crippen molar-refractivity contribution >= 4 is 32.7 Å². The first kappa shape index (κ1) is 26.5. The van der Waals surface area contributed by atoms with E-state index in [0.717, 1.165) is 27.5 Å². The molecule has 220 valence electrons. The van der Waals surface area contributed by atoms with Crippen molar-refractivity contribution in [1.82, 2.24) is 13.7 Å². The van der Waals surface area contributed by atoms with E-state index in [-0.39, 0.29) is 11.0 Å². The van der Waals surface area contributed by atoms with E-state index in [1.165, 1.54) is 26.8 Å². The van der Waals surface area contributed by atoms with E-state index in [9.17, 15) is 9.59 Å². The number of hydrogen-bond acceptors (Lipinski definition) is 2. The van der Waals surface area contributed by atoms with Crippen molar-refractivity contribution in [3.05, 3.63) is 171 Å². The van der Waals surface area contributed by atoms with Crippen molar-refractivity contribution in [3.8, 4) is 28.2 Å².